The van der Waals surface area contributed by atoms with E-state index in [9.17, 15) is 9.59 Å². The first-order valence-corrected chi connectivity index (χ1v) is 5.47. The average molecular weight is 228 g/mol. The molecule has 2 aliphatic rings. The van der Waals surface area contributed by atoms with Gasteiger partial charge in [-0.3, -0.25) is 14.5 Å². The van der Waals surface area contributed by atoms with Crippen molar-refractivity contribution in [1.82, 2.24) is 9.80 Å². The van der Waals surface area contributed by atoms with Crippen molar-refractivity contribution < 1.29 is 19.4 Å². The van der Waals surface area contributed by atoms with Gasteiger partial charge in [0.2, 0.25) is 5.91 Å². The number of carbonyl (C=O) groups is 2. The van der Waals surface area contributed by atoms with Crippen LogP contribution in [-0.2, 0) is 14.3 Å². The van der Waals surface area contributed by atoms with Gasteiger partial charge in [0.05, 0.1) is 25.7 Å². The van der Waals surface area contributed by atoms with E-state index in [0.717, 1.165) is 0 Å². The number of carbonyl (C=O) groups excluding carboxylic acids is 1. The molecule has 6 heteroatoms. The van der Waals surface area contributed by atoms with E-state index in [4.69, 9.17) is 9.84 Å². The van der Waals surface area contributed by atoms with Gasteiger partial charge in [-0.25, -0.2) is 0 Å². The summed E-state index contributed by atoms with van der Waals surface area (Å²) in [6.45, 7) is 3.82. The zero-order chi connectivity index (χ0) is 11.5. The second-order valence-electron chi connectivity index (χ2n) is 4.22. The molecule has 1 amide bonds. The van der Waals surface area contributed by atoms with Crippen LogP contribution in [0.5, 0.6) is 0 Å². The molecule has 2 fully saturated rings. The quantitative estimate of drug-likeness (QED) is 0.661. The van der Waals surface area contributed by atoms with Gasteiger partial charge in [-0.15, -0.1) is 0 Å². The predicted octanol–water partition coefficient (Wildman–Crippen LogP) is -1.14. The Bertz CT molecular complexity index is 283. The van der Waals surface area contributed by atoms with Crippen molar-refractivity contribution in [3.8, 4) is 0 Å². The lowest BCUT2D eigenvalue weighted by molar-refractivity contribution is -0.150. The first kappa shape index (κ1) is 11.3. The summed E-state index contributed by atoms with van der Waals surface area (Å²) in [5.74, 6) is -0.986. The summed E-state index contributed by atoms with van der Waals surface area (Å²) in [4.78, 5) is 26.0. The number of aliphatic carboxylic acids is 1. The van der Waals surface area contributed by atoms with Crippen LogP contribution < -0.4 is 0 Å². The number of hydrogen-bond acceptors (Lipinski definition) is 4. The Hall–Kier alpha value is -1.14. The van der Waals surface area contributed by atoms with Gasteiger partial charge < -0.3 is 14.7 Å². The highest BCUT2D eigenvalue weighted by molar-refractivity contribution is 5.79. The lowest BCUT2D eigenvalue weighted by atomic mass is 10.0. The Labute approximate surface area is 93.8 Å². The van der Waals surface area contributed by atoms with Crippen LogP contribution in [0.25, 0.3) is 0 Å². The number of likely N-dealkylation sites (tertiary alicyclic amines) is 1. The van der Waals surface area contributed by atoms with Gasteiger partial charge in [0, 0.05) is 26.2 Å². The Morgan fingerprint density at radius 1 is 1.25 bits per heavy atom. The van der Waals surface area contributed by atoms with Crippen molar-refractivity contribution in [2.45, 2.75) is 0 Å². The molecule has 2 heterocycles. The second kappa shape index (κ2) is 4.80. The van der Waals surface area contributed by atoms with Crippen LogP contribution in [-0.4, -0.2) is 72.7 Å². The number of carboxylic acids is 1. The number of rotatable bonds is 3. The molecule has 90 valence electrons. The Morgan fingerprint density at radius 3 is 2.44 bits per heavy atom. The van der Waals surface area contributed by atoms with Crippen molar-refractivity contribution >= 4 is 11.9 Å². The summed E-state index contributed by atoms with van der Waals surface area (Å²) in [6, 6.07) is 0. The van der Waals surface area contributed by atoms with E-state index in [0.29, 0.717) is 45.9 Å². The number of carboxylic acid groups (broad SMARTS) is 1. The van der Waals surface area contributed by atoms with E-state index in [1.54, 1.807) is 4.90 Å². The molecule has 0 bridgehead atoms. The molecule has 16 heavy (non-hydrogen) atoms. The molecule has 0 aromatic heterocycles. The summed E-state index contributed by atoms with van der Waals surface area (Å²) in [5, 5.41) is 8.70. The topological polar surface area (TPSA) is 70.1 Å². The monoisotopic (exact) mass is 228 g/mol. The van der Waals surface area contributed by atoms with Crippen LogP contribution in [0, 0.1) is 5.92 Å². The third-order valence-corrected chi connectivity index (χ3v) is 3.03. The SMILES string of the molecule is O=C(O)C1CN(CC(=O)N2CCOCC2)C1. The van der Waals surface area contributed by atoms with Crippen molar-refractivity contribution in [2.24, 2.45) is 5.92 Å². The van der Waals surface area contributed by atoms with Crippen molar-refractivity contribution in [1.29, 1.82) is 0 Å². The summed E-state index contributed by atoms with van der Waals surface area (Å²) in [7, 11) is 0. The highest BCUT2D eigenvalue weighted by atomic mass is 16.5. The van der Waals surface area contributed by atoms with Gasteiger partial charge in [0.15, 0.2) is 0 Å². The molecular formula is C10H16N2O4. The highest BCUT2D eigenvalue weighted by Crippen LogP contribution is 2.15. The molecule has 0 aromatic rings. The second-order valence-corrected chi connectivity index (χ2v) is 4.22. The lowest BCUT2D eigenvalue weighted by Crippen LogP contribution is -2.55. The number of ether oxygens (including phenoxy) is 1. The zero-order valence-electron chi connectivity index (χ0n) is 9.09. The van der Waals surface area contributed by atoms with Crippen molar-refractivity contribution in [3.05, 3.63) is 0 Å². The molecule has 0 aromatic carbocycles. The first-order valence-electron chi connectivity index (χ1n) is 5.47. The van der Waals surface area contributed by atoms with Crippen LogP contribution in [0.3, 0.4) is 0 Å². The number of morpholine rings is 1. The Balaban J connectivity index is 1.70. The maximum atomic E-state index is 11.8. The molecule has 0 unspecified atom stereocenters. The van der Waals surface area contributed by atoms with Gasteiger partial charge in [-0.1, -0.05) is 0 Å². The minimum absolute atomic E-state index is 0.0761. The molecule has 2 aliphatic heterocycles. The van der Waals surface area contributed by atoms with Crippen LogP contribution in [0.1, 0.15) is 0 Å². The molecule has 0 saturated carbocycles. The standard InChI is InChI=1S/C10H16N2O4/c13-9(12-1-3-16-4-2-12)7-11-5-8(6-11)10(14)15/h8H,1-7H2,(H,14,15). The molecule has 0 atom stereocenters. The van der Waals surface area contributed by atoms with Crippen LogP contribution in [0.2, 0.25) is 0 Å². The summed E-state index contributed by atoms with van der Waals surface area (Å²) in [5.41, 5.74) is 0. The predicted molar refractivity (Wildman–Crippen MR) is 55.0 cm³/mol. The third kappa shape index (κ3) is 2.51. The van der Waals surface area contributed by atoms with E-state index in [2.05, 4.69) is 0 Å². The van der Waals surface area contributed by atoms with E-state index < -0.39 is 5.97 Å². The minimum atomic E-state index is -0.768. The Morgan fingerprint density at radius 2 is 1.88 bits per heavy atom. The molecule has 0 aliphatic carbocycles. The largest absolute Gasteiger partial charge is 0.481 e. The average Bonchev–Trinajstić information content (AvgIpc) is 2.23. The first-order chi connectivity index (χ1) is 7.66. The van der Waals surface area contributed by atoms with E-state index >= 15 is 0 Å². The third-order valence-electron chi connectivity index (χ3n) is 3.03. The van der Waals surface area contributed by atoms with E-state index in [-0.39, 0.29) is 11.8 Å². The van der Waals surface area contributed by atoms with Crippen molar-refractivity contribution in [3.63, 3.8) is 0 Å². The van der Waals surface area contributed by atoms with Gasteiger partial charge in [0.1, 0.15) is 0 Å². The Kier molecular flexibility index (Phi) is 3.40. The van der Waals surface area contributed by atoms with Crippen LogP contribution >= 0.6 is 0 Å². The van der Waals surface area contributed by atoms with Crippen LogP contribution in [0.15, 0.2) is 0 Å². The molecule has 2 saturated heterocycles. The van der Waals surface area contributed by atoms with E-state index in [1.165, 1.54) is 0 Å². The number of nitrogens with zero attached hydrogens (tertiary/aromatic N) is 2. The van der Waals surface area contributed by atoms with E-state index in [1.807, 2.05) is 4.90 Å². The van der Waals surface area contributed by atoms with Crippen molar-refractivity contribution in [2.75, 3.05) is 45.9 Å². The summed E-state index contributed by atoms with van der Waals surface area (Å²) in [6.07, 6.45) is 0. The fourth-order valence-corrected chi connectivity index (χ4v) is 1.96. The smallest absolute Gasteiger partial charge is 0.309 e. The van der Waals surface area contributed by atoms with Gasteiger partial charge >= 0.3 is 5.97 Å². The highest BCUT2D eigenvalue weighted by Gasteiger charge is 2.34. The fourth-order valence-electron chi connectivity index (χ4n) is 1.96. The van der Waals surface area contributed by atoms with Gasteiger partial charge in [-0.05, 0) is 0 Å². The molecule has 0 radical (unpaired) electrons. The van der Waals surface area contributed by atoms with Crippen LogP contribution in [0.4, 0.5) is 0 Å². The zero-order valence-corrected chi connectivity index (χ0v) is 9.09. The lowest BCUT2D eigenvalue weighted by Gasteiger charge is -2.37. The fraction of sp³-hybridized carbons (Fsp3) is 0.800. The maximum absolute atomic E-state index is 11.8. The summed E-state index contributed by atoms with van der Waals surface area (Å²) >= 11 is 0. The summed E-state index contributed by atoms with van der Waals surface area (Å²) < 4.78 is 5.16. The number of amides is 1. The molecule has 0 spiro atoms. The maximum Gasteiger partial charge on any atom is 0.309 e. The molecular weight excluding hydrogens is 212 g/mol. The molecule has 1 N–H and O–H groups in total. The molecule has 6 nitrogen and oxygen atoms in total. The van der Waals surface area contributed by atoms with Gasteiger partial charge in [-0.2, -0.15) is 0 Å². The normalized spacial score (nSPS) is 22.9. The minimum Gasteiger partial charge on any atom is -0.481 e. The molecule has 2 rings (SSSR count). The number of hydrogen-bond donors (Lipinski definition) is 1. The van der Waals surface area contributed by atoms with Gasteiger partial charge in [0.25, 0.3) is 0 Å².